The number of nitrogens with zero attached hydrogens (tertiary/aromatic N) is 2. The van der Waals surface area contributed by atoms with Crippen LogP contribution in [0.3, 0.4) is 0 Å². The highest BCUT2D eigenvalue weighted by molar-refractivity contribution is 9.10. The molecule has 1 aliphatic rings. The Morgan fingerprint density at radius 3 is 2.90 bits per heavy atom. The zero-order chi connectivity index (χ0) is 14.8. The molecule has 110 valence electrons. The number of fused-ring (bicyclic) bond motifs is 1. The highest BCUT2D eigenvalue weighted by Gasteiger charge is 2.27. The van der Waals surface area contributed by atoms with E-state index < -0.39 is 8.07 Å². The number of rotatable bonds is 5. The van der Waals surface area contributed by atoms with Gasteiger partial charge in [-0.1, -0.05) is 19.6 Å². The molecule has 0 fully saturated rings. The number of halogens is 1. The molecule has 0 unspecified atom stereocenters. The molecule has 0 N–H and O–H groups in total. The van der Waals surface area contributed by atoms with Gasteiger partial charge in [0.1, 0.15) is 11.3 Å². The quantitative estimate of drug-likeness (QED) is 0.461. The number of amides is 1. The lowest BCUT2D eigenvalue weighted by Crippen LogP contribution is -2.41. The molecule has 2 rings (SSSR count). The molecule has 1 aromatic rings. The van der Waals surface area contributed by atoms with Crippen molar-refractivity contribution in [2.45, 2.75) is 25.7 Å². The average molecular weight is 359 g/mol. The maximum atomic E-state index is 11.9. The van der Waals surface area contributed by atoms with Gasteiger partial charge in [-0.25, -0.2) is 4.98 Å². The summed E-state index contributed by atoms with van der Waals surface area (Å²) in [5.74, 6) is 1.00. The van der Waals surface area contributed by atoms with Crippen molar-refractivity contribution in [2.24, 2.45) is 0 Å². The van der Waals surface area contributed by atoms with E-state index in [2.05, 4.69) is 40.6 Å². The van der Waals surface area contributed by atoms with Gasteiger partial charge < -0.3 is 9.47 Å². The van der Waals surface area contributed by atoms with Gasteiger partial charge in [-0.3, -0.25) is 9.69 Å². The second-order valence-corrected chi connectivity index (χ2v) is 12.3. The van der Waals surface area contributed by atoms with Gasteiger partial charge in [-0.2, -0.15) is 0 Å². The molecule has 1 aliphatic heterocycles. The molecule has 7 heteroatoms. The first kappa shape index (κ1) is 15.5. The third-order valence-corrected chi connectivity index (χ3v) is 5.08. The molecule has 20 heavy (non-hydrogen) atoms. The first-order valence-electron chi connectivity index (χ1n) is 6.54. The van der Waals surface area contributed by atoms with Gasteiger partial charge >= 0.3 is 0 Å². The van der Waals surface area contributed by atoms with E-state index in [0.29, 0.717) is 22.8 Å². The van der Waals surface area contributed by atoms with Gasteiger partial charge in [0.25, 0.3) is 5.91 Å². The first-order chi connectivity index (χ1) is 9.37. The van der Waals surface area contributed by atoms with Gasteiger partial charge in [-0.15, -0.1) is 0 Å². The van der Waals surface area contributed by atoms with Gasteiger partial charge in [-0.05, 0) is 34.1 Å². The summed E-state index contributed by atoms with van der Waals surface area (Å²) in [5.41, 5.74) is 0. The number of anilines is 1. The summed E-state index contributed by atoms with van der Waals surface area (Å²) in [4.78, 5) is 17.8. The Kier molecular flexibility index (Phi) is 4.82. The molecule has 0 radical (unpaired) electrons. The van der Waals surface area contributed by atoms with Crippen LogP contribution in [0.25, 0.3) is 0 Å². The smallest absolute Gasteiger partial charge is 0.268 e. The van der Waals surface area contributed by atoms with E-state index in [0.717, 1.165) is 6.04 Å². The molecule has 1 aromatic heterocycles. The fraction of sp³-hybridized carbons (Fsp3) is 0.538. The Balaban J connectivity index is 2.01. The minimum absolute atomic E-state index is 0.0354. The molecule has 0 aliphatic carbocycles. The summed E-state index contributed by atoms with van der Waals surface area (Å²) in [6, 6.07) is 4.66. The van der Waals surface area contributed by atoms with Gasteiger partial charge in [0.2, 0.25) is 0 Å². The maximum absolute atomic E-state index is 11.9. The van der Waals surface area contributed by atoms with Gasteiger partial charge in [0, 0.05) is 14.7 Å². The van der Waals surface area contributed by atoms with Crippen molar-refractivity contribution in [1.29, 1.82) is 0 Å². The fourth-order valence-corrected chi connectivity index (χ4v) is 2.78. The summed E-state index contributed by atoms with van der Waals surface area (Å²) < 4.78 is 11.7. The predicted octanol–water partition coefficient (Wildman–Crippen LogP) is 2.88. The second-order valence-electron chi connectivity index (χ2n) is 5.91. The normalized spacial score (nSPS) is 15.0. The average Bonchev–Trinajstić information content (AvgIpc) is 2.35. The zero-order valence-electron chi connectivity index (χ0n) is 12.0. The number of carbonyl (C=O) groups is 1. The van der Waals surface area contributed by atoms with Gasteiger partial charge in [0.05, 0.1) is 0 Å². The summed E-state index contributed by atoms with van der Waals surface area (Å²) in [5, 5.41) is 0. The number of pyridine rings is 1. The van der Waals surface area contributed by atoms with Crippen molar-refractivity contribution in [3.8, 4) is 5.75 Å². The van der Waals surface area contributed by atoms with E-state index >= 15 is 0 Å². The van der Waals surface area contributed by atoms with Crippen LogP contribution < -0.4 is 9.64 Å². The molecule has 0 atom stereocenters. The van der Waals surface area contributed by atoms with Crippen LogP contribution in [-0.2, 0) is 9.53 Å². The van der Waals surface area contributed by atoms with E-state index in [1.165, 1.54) is 4.90 Å². The highest BCUT2D eigenvalue weighted by atomic mass is 79.9. The second kappa shape index (κ2) is 6.24. The zero-order valence-corrected chi connectivity index (χ0v) is 14.6. The summed E-state index contributed by atoms with van der Waals surface area (Å²) in [6.07, 6.45) is 0. The third kappa shape index (κ3) is 4.03. The van der Waals surface area contributed by atoms with Crippen LogP contribution in [0.5, 0.6) is 5.75 Å². The number of carbonyl (C=O) groups excluding carboxylic acids is 1. The van der Waals surface area contributed by atoms with Gasteiger partial charge in [0.15, 0.2) is 18.2 Å². The number of hydrogen-bond donors (Lipinski definition) is 0. The van der Waals surface area contributed by atoms with Crippen molar-refractivity contribution >= 4 is 35.7 Å². The Morgan fingerprint density at radius 2 is 2.20 bits per heavy atom. The molecular weight excluding hydrogens is 340 g/mol. The summed E-state index contributed by atoms with van der Waals surface area (Å²) in [7, 11) is -1.12. The van der Waals surface area contributed by atoms with Crippen LogP contribution in [-0.4, -0.2) is 38.9 Å². The van der Waals surface area contributed by atoms with E-state index in [1.54, 1.807) is 12.1 Å². The van der Waals surface area contributed by atoms with Crippen molar-refractivity contribution in [3.05, 3.63) is 16.7 Å². The minimum Gasteiger partial charge on any atom is -0.480 e. The predicted molar refractivity (Wildman–Crippen MR) is 83.9 cm³/mol. The van der Waals surface area contributed by atoms with Crippen molar-refractivity contribution < 1.29 is 14.3 Å². The van der Waals surface area contributed by atoms with E-state index in [-0.39, 0.29) is 19.2 Å². The number of hydrogen-bond acceptors (Lipinski definition) is 4. The number of aromatic nitrogens is 1. The van der Waals surface area contributed by atoms with Crippen molar-refractivity contribution in [1.82, 2.24) is 4.98 Å². The Hall–Kier alpha value is -0.923. The van der Waals surface area contributed by atoms with Crippen LogP contribution in [0.1, 0.15) is 0 Å². The van der Waals surface area contributed by atoms with Crippen LogP contribution in [0, 0.1) is 0 Å². The third-order valence-electron chi connectivity index (χ3n) is 2.93. The number of ether oxygens (including phenoxy) is 2. The lowest BCUT2D eigenvalue weighted by molar-refractivity contribution is -0.122. The molecule has 0 saturated heterocycles. The SMILES string of the molecule is C[Si](C)(C)CCOCN1C(=O)COc2ccc(Br)nc21. The minimum atomic E-state index is -1.12. The van der Waals surface area contributed by atoms with Crippen LogP contribution in [0.4, 0.5) is 5.82 Å². The molecule has 0 saturated carbocycles. The molecule has 1 amide bonds. The lowest BCUT2D eigenvalue weighted by Gasteiger charge is -2.28. The largest absolute Gasteiger partial charge is 0.480 e. The summed E-state index contributed by atoms with van der Waals surface area (Å²) in [6.45, 7) is 7.82. The van der Waals surface area contributed by atoms with Crippen LogP contribution in [0.2, 0.25) is 25.7 Å². The molecule has 2 heterocycles. The highest BCUT2D eigenvalue weighted by Crippen LogP contribution is 2.31. The topological polar surface area (TPSA) is 51.7 Å². The van der Waals surface area contributed by atoms with Crippen LogP contribution >= 0.6 is 15.9 Å². The Labute approximate surface area is 128 Å². The van der Waals surface area contributed by atoms with Crippen molar-refractivity contribution in [3.63, 3.8) is 0 Å². The molecule has 0 spiro atoms. The Morgan fingerprint density at radius 1 is 1.45 bits per heavy atom. The monoisotopic (exact) mass is 358 g/mol. The first-order valence-corrected chi connectivity index (χ1v) is 11.0. The fourth-order valence-electron chi connectivity index (χ4n) is 1.72. The standard InChI is InChI=1S/C13H19BrN2O3Si/c1-20(2,3)7-6-18-9-16-12(17)8-19-10-4-5-11(14)15-13(10)16/h4-5H,6-9H2,1-3H3. The van der Waals surface area contributed by atoms with Crippen molar-refractivity contribution in [2.75, 3.05) is 24.8 Å². The lowest BCUT2D eigenvalue weighted by atomic mass is 10.3. The molecule has 5 nitrogen and oxygen atoms in total. The van der Waals surface area contributed by atoms with E-state index in [4.69, 9.17) is 9.47 Å². The molecule has 0 aromatic carbocycles. The summed E-state index contributed by atoms with van der Waals surface area (Å²) >= 11 is 3.31. The Bertz CT molecular complexity index is 505. The van der Waals surface area contributed by atoms with E-state index in [1.807, 2.05) is 0 Å². The van der Waals surface area contributed by atoms with Crippen LogP contribution in [0.15, 0.2) is 16.7 Å². The van der Waals surface area contributed by atoms with E-state index in [9.17, 15) is 4.79 Å². The molecule has 0 bridgehead atoms. The maximum Gasteiger partial charge on any atom is 0.268 e. The molecular formula is C13H19BrN2O3Si.